The van der Waals surface area contributed by atoms with Crippen molar-refractivity contribution >= 4 is 45.1 Å². The van der Waals surface area contributed by atoms with Gasteiger partial charge in [-0.2, -0.15) is 0 Å². The molecule has 29 heavy (non-hydrogen) atoms. The normalized spacial score (nSPS) is 12.0. The fourth-order valence-corrected chi connectivity index (χ4v) is 4.75. The summed E-state index contributed by atoms with van der Waals surface area (Å²) in [5.41, 5.74) is 9.15. The molecule has 0 aliphatic heterocycles. The van der Waals surface area contributed by atoms with E-state index in [-0.39, 0.29) is 0 Å². The van der Waals surface area contributed by atoms with E-state index < -0.39 is 11.0 Å². The molecule has 1 aromatic heterocycles. The molecule has 0 radical (unpaired) electrons. The SMILES string of the molecule is COc1ccc(SCc2cccc(N)c2)c(NS(=O)c2cc3ccccc3o2)c1. The van der Waals surface area contributed by atoms with E-state index >= 15 is 0 Å². The minimum Gasteiger partial charge on any atom is -0.497 e. The van der Waals surface area contributed by atoms with Crippen LogP contribution >= 0.6 is 11.8 Å². The van der Waals surface area contributed by atoms with Crippen molar-refractivity contribution in [1.29, 1.82) is 0 Å². The zero-order valence-corrected chi connectivity index (χ0v) is 17.4. The number of hydrogen-bond donors (Lipinski definition) is 2. The van der Waals surface area contributed by atoms with Gasteiger partial charge in [0.1, 0.15) is 11.3 Å². The first-order valence-corrected chi connectivity index (χ1v) is 11.1. The Balaban J connectivity index is 1.56. The fraction of sp³-hybridized carbons (Fsp3) is 0.0909. The van der Waals surface area contributed by atoms with Crippen LogP contribution in [0, 0.1) is 0 Å². The molecule has 0 saturated heterocycles. The number of furan rings is 1. The monoisotopic (exact) mass is 424 g/mol. The lowest BCUT2D eigenvalue weighted by atomic mass is 10.2. The molecule has 0 spiro atoms. The first-order valence-electron chi connectivity index (χ1n) is 8.94. The molecule has 0 amide bonds. The van der Waals surface area contributed by atoms with Crippen LogP contribution in [0.3, 0.4) is 0 Å². The van der Waals surface area contributed by atoms with Crippen LogP contribution in [0.4, 0.5) is 11.4 Å². The zero-order chi connectivity index (χ0) is 20.2. The highest BCUT2D eigenvalue weighted by atomic mass is 32.2. The van der Waals surface area contributed by atoms with Gasteiger partial charge in [0.15, 0.2) is 11.0 Å². The lowest BCUT2D eigenvalue weighted by Crippen LogP contribution is -2.05. The molecule has 7 heteroatoms. The van der Waals surface area contributed by atoms with E-state index in [9.17, 15) is 4.21 Å². The van der Waals surface area contributed by atoms with Crippen molar-refractivity contribution in [3.05, 3.63) is 78.4 Å². The minimum atomic E-state index is -1.54. The van der Waals surface area contributed by atoms with E-state index in [1.54, 1.807) is 24.9 Å². The van der Waals surface area contributed by atoms with Crippen molar-refractivity contribution in [2.45, 2.75) is 15.7 Å². The zero-order valence-electron chi connectivity index (χ0n) is 15.8. The van der Waals surface area contributed by atoms with Crippen LogP contribution in [0.1, 0.15) is 5.56 Å². The van der Waals surface area contributed by atoms with Crippen LogP contribution in [0.15, 0.2) is 87.2 Å². The van der Waals surface area contributed by atoms with Gasteiger partial charge in [-0.15, -0.1) is 11.8 Å². The summed E-state index contributed by atoms with van der Waals surface area (Å²) in [5.74, 6) is 1.42. The van der Waals surface area contributed by atoms with Gasteiger partial charge in [0, 0.05) is 33.9 Å². The number of hydrogen-bond acceptors (Lipinski definition) is 5. The summed E-state index contributed by atoms with van der Waals surface area (Å²) in [6, 6.07) is 22.9. The van der Waals surface area contributed by atoms with Crippen LogP contribution in [0.25, 0.3) is 11.0 Å². The van der Waals surface area contributed by atoms with Gasteiger partial charge in [0.05, 0.1) is 12.8 Å². The second-order valence-electron chi connectivity index (χ2n) is 6.37. The largest absolute Gasteiger partial charge is 0.497 e. The number of ether oxygens (including phenoxy) is 1. The Morgan fingerprint density at radius 3 is 2.72 bits per heavy atom. The molecule has 4 aromatic rings. The Morgan fingerprint density at radius 2 is 1.93 bits per heavy atom. The summed E-state index contributed by atoms with van der Waals surface area (Å²) in [6.07, 6.45) is 0. The third-order valence-corrected chi connectivity index (χ3v) is 6.44. The molecule has 0 saturated carbocycles. The van der Waals surface area contributed by atoms with E-state index in [0.29, 0.717) is 16.4 Å². The maximum atomic E-state index is 12.9. The number of methoxy groups -OCH3 is 1. The van der Waals surface area contributed by atoms with Gasteiger partial charge >= 0.3 is 0 Å². The molecule has 4 rings (SSSR count). The van der Waals surface area contributed by atoms with Crippen molar-refractivity contribution < 1.29 is 13.4 Å². The topological polar surface area (TPSA) is 77.5 Å². The summed E-state index contributed by atoms with van der Waals surface area (Å²) < 4.78 is 27.0. The summed E-state index contributed by atoms with van der Waals surface area (Å²) in [5, 5.41) is 1.29. The number of benzene rings is 3. The molecular weight excluding hydrogens is 404 g/mol. The van der Waals surface area contributed by atoms with Gasteiger partial charge in [-0.1, -0.05) is 30.3 Å². The van der Waals surface area contributed by atoms with Crippen LogP contribution in [0.2, 0.25) is 0 Å². The maximum absolute atomic E-state index is 12.9. The van der Waals surface area contributed by atoms with Gasteiger partial charge in [-0.3, -0.25) is 4.72 Å². The number of thioether (sulfide) groups is 1. The van der Waals surface area contributed by atoms with Gasteiger partial charge in [0.2, 0.25) is 5.09 Å². The van der Waals surface area contributed by atoms with Crippen molar-refractivity contribution in [3.63, 3.8) is 0 Å². The highest BCUT2D eigenvalue weighted by Crippen LogP contribution is 2.34. The number of anilines is 2. The number of para-hydroxylation sites is 1. The molecule has 0 aliphatic rings. The second-order valence-corrected chi connectivity index (χ2v) is 8.53. The molecule has 0 fully saturated rings. The Hall–Kier alpha value is -2.90. The first kappa shape index (κ1) is 19.4. The fourth-order valence-electron chi connectivity index (χ4n) is 2.88. The summed E-state index contributed by atoms with van der Waals surface area (Å²) in [4.78, 5) is 0.956. The number of nitrogens with two attached hydrogens (primary N) is 1. The molecule has 1 unspecified atom stereocenters. The Labute approximate surface area is 175 Å². The average Bonchev–Trinajstić information content (AvgIpc) is 3.17. The van der Waals surface area contributed by atoms with Crippen LogP contribution in [0.5, 0.6) is 5.75 Å². The van der Waals surface area contributed by atoms with E-state index in [1.807, 2.05) is 66.7 Å². The molecule has 1 heterocycles. The van der Waals surface area contributed by atoms with Gasteiger partial charge in [0.25, 0.3) is 0 Å². The van der Waals surface area contributed by atoms with E-state index in [0.717, 1.165) is 33.0 Å². The van der Waals surface area contributed by atoms with Gasteiger partial charge in [-0.05, 0) is 35.9 Å². The predicted octanol–water partition coefficient (Wildman–Crippen LogP) is 5.45. The van der Waals surface area contributed by atoms with Crippen molar-refractivity contribution in [2.75, 3.05) is 17.6 Å². The van der Waals surface area contributed by atoms with Crippen molar-refractivity contribution in [2.24, 2.45) is 0 Å². The summed E-state index contributed by atoms with van der Waals surface area (Å²) >= 11 is 1.63. The number of rotatable bonds is 7. The summed E-state index contributed by atoms with van der Waals surface area (Å²) in [7, 11) is 0.0612. The standard InChI is InChI=1S/C22H20N2O3S2/c1-26-18-9-10-21(28-14-15-5-4-7-17(23)11-15)19(13-18)24-29(25)22-12-16-6-2-3-8-20(16)27-22/h2-13,24H,14,23H2,1H3. The lowest BCUT2D eigenvalue weighted by molar-refractivity contribution is 0.415. The predicted molar refractivity (Wildman–Crippen MR) is 120 cm³/mol. The molecule has 3 N–H and O–H groups in total. The number of nitrogen functional groups attached to an aromatic ring is 1. The molecule has 0 aliphatic carbocycles. The highest BCUT2D eigenvalue weighted by molar-refractivity contribution is 7.98. The molecule has 148 valence electrons. The average molecular weight is 425 g/mol. The van der Waals surface area contributed by atoms with Crippen molar-refractivity contribution in [1.82, 2.24) is 0 Å². The quantitative estimate of drug-likeness (QED) is 0.305. The molecule has 1 atom stereocenters. The third kappa shape index (κ3) is 4.58. The summed E-state index contributed by atoms with van der Waals surface area (Å²) in [6.45, 7) is 0. The van der Waals surface area contributed by atoms with Crippen LogP contribution < -0.4 is 15.2 Å². The Morgan fingerprint density at radius 1 is 1.07 bits per heavy atom. The first-order chi connectivity index (χ1) is 14.1. The highest BCUT2D eigenvalue weighted by Gasteiger charge is 2.14. The molecule has 5 nitrogen and oxygen atoms in total. The second kappa shape index (κ2) is 8.63. The number of nitrogens with one attached hydrogen (secondary N) is 1. The van der Waals surface area contributed by atoms with Crippen LogP contribution in [-0.4, -0.2) is 11.3 Å². The lowest BCUT2D eigenvalue weighted by Gasteiger charge is -2.12. The number of fused-ring (bicyclic) bond motifs is 1. The molecule has 0 bridgehead atoms. The van der Waals surface area contributed by atoms with E-state index in [1.165, 1.54) is 0 Å². The van der Waals surface area contributed by atoms with E-state index in [4.69, 9.17) is 14.9 Å². The minimum absolute atomic E-state index is 0.376. The van der Waals surface area contributed by atoms with Crippen LogP contribution in [-0.2, 0) is 16.7 Å². The molecule has 3 aromatic carbocycles. The van der Waals surface area contributed by atoms with Gasteiger partial charge < -0.3 is 14.9 Å². The third-order valence-electron chi connectivity index (χ3n) is 4.32. The Bertz CT molecular complexity index is 1140. The van der Waals surface area contributed by atoms with Gasteiger partial charge in [-0.25, -0.2) is 4.21 Å². The maximum Gasteiger partial charge on any atom is 0.212 e. The smallest absolute Gasteiger partial charge is 0.212 e. The Kier molecular flexibility index (Phi) is 5.78. The van der Waals surface area contributed by atoms with E-state index in [2.05, 4.69) is 4.72 Å². The van der Waals surface area contributed by atoms with Crippen molar-refractivity contribution in [3.8, 4) is 5.75 Å². The molecular formula is C22H20N2O3S2.